The number of aromatic nitrogens is 5. The summed E-state index contributed by atoms with van der Waals surface area (Å²) in [6, 6.07) is 7.44. The summed E-state index contributed by atoms with van der Waals surface area (Å²) in [6.45, 7) is -1.34. The highest BCUT2D eigenvalue weighted by Crippen LogP contribution is 2.60. The van der Waals surface area contributed by atoms with Gasteiger partial charge in [0.25, 0.3) is 5.91 Å². The van der Waals surface area contributed by atoms with Crippen molar-refractivity contribution >= 4 is 28.1 Å². The molecule has 1 amide bonds. The number of ether oxygens (including phenoxy) is 1. The minimum Gasteiger partial charge on any atom is -0.417 e. The van der Waals surface area contributed by atoms with Crippen LogP contribution in [0.3, 0.4) is 0 Å². The summed E-state index contributed by atoms with van der Waals surface area (Å²) < 4.78 is 34.2. The summed E-state index contributed by atoms with van der Waals surface area (Å²) in [6.07, 6.45) is 6.33. The smallest absolute Gasteiger partial charge is 0.388 e. The van der Waals surface area contributed by atoms with Crippen LogP contribution in [0.5, 0.6) is 5.88 Å². The molecule has 37 heavy (non-hydrogen) atoms. The third-order valence-corrected chi connectivity index (χ3v) is 9.03. The van der Waals surface area contributed by atoms with E-state index in [4.69, 9.17) is 4.98 Å². The molecule has 4 aliphatic rings. The van der Waals surface area contributed by atoms with Crippen LogP contribution in [0.2, 0.25) is 0 Å². The van der Waals surface area contributed by atoms with Crippen LogP contribution in [0, 0.1) is 23.7 Å². The number of imidazole rings is 1. The highest BCUT2D eigenvalue weighted by Gasteiger charge is 2.61. The summed E-state index contributed by atoms with van der Waals surface area (Å²) in [4.78, 5) is 29.4. The van der Waals surface area contributed by atoms with Crippen LogP contribution in [0.4, 0.5) is 8.78 Å². The second kappa shape index (κ2) is 7.49. The van der Waals surface area contributed by atoms with E-state index < -0.39 is 6.61 Å². The number of fused-ring (bicyclic) bond motifs is 2. The molecule has 0 radical (unpaired) electrons. The largest absolute Gasteiger partial charge is 0.417 e. The molecular formula is C27H26F2N6O2. The molecule has 8 nitrogen and oxygen atoms in total. The molecule has 0 spiro atoms. The zero-order valence-corrected chi connectivity index (χ0v) is 20.3. The normalized spacial score (nSPS) is 26.0. The number of rotatable bonds is 6. The molecule has 3 saturated carbocycles. The molecule has 0 bridgehead atoms. The van der Waals surface area contributed by atoms with Crippen molar-refractivity contribution in [2.75, 3.05) is 6.54 Å². The number of alkyl halides is 2. The quantitative estimate of drug-likeness (QED) is 0.387. The third-order valence-electron chi connectivity index (χ3n) is 9.03. The monoisotopic (exact) mass is 504 g/mol. The standard InChI is InChI=1S/C27H26F2N6O2/c1-33-24-18(7-16(10-30-24)26(36)35-12-17-6-15-9-19(35)22(15)17)31-25(33)20-8-14-4-5-21(37-27(28)29)32-23(14)34(20)11-13-2-3-13/h4-5,7-8,10,13,15,17,19,22,27H,2-3,6,9,11-12H2,1H3/t15?,17-,19-,22-/m1/s1. The molecule has 1 saturated heterocycles. The first-order valence-corrected chi connectivity index (χ1v) is 13.0. The van der Waals surface area contributed by atoms with E-state index in [9.17, 15) is 13.6 Å². The Morgan fingerprint density at radius 3 is 2.76 bits per heavy atom. The number of pyridine rings is 2. The second-order valence-electron chi connectivity index (χ2n) is 11.2. The predicted octanol–water partition coefficient (Wildman–Crippen LogP) is 4.48. The Labute approximate surface area is 211 Å². The molecule has 8 rings (SSSR count). The van der Waals surface area contributed by atoms with Gasteiger partial charge in [0.2, 0.25) is 5.88 Å². The van der Waals surface area contributed by atoms with Crippen LogP contribution in [0.25, 0.3) is 33.7 Å². The molecule has 4 aromatic heterocycles. The zero-order chi connectivity index (χ0) is 25.0. The van der Waals surface area contributed by atoms with Gasteiger partial charge >= 0.3 is 6.61 Å². The highest BCUT2D eigenvalue weighted by molar-refractivity contribution is 5.97. The third kappa shape index (κ3) is 3.17. The van der Waals surface area contributed by atoms with Gasteiger partial charge in [0.15, 0.2) is 11.5 Å². The van der Waals surface area contributed by atoms with Gasteiger partial charge in [-0.05, 0) is 67.6 Å². The summed E-state index contributed by atoms with van der Waals surface area (Å²) in [5.41, 5.74) is 3.37. The number of aryl methyl sites for hydroxylation is 1. The highest BCUT2D eigenvalue weighted by atomic mass is 19.3. The molecule has 4 fully saturated rings. The van der Waals surface area contributed by atoms with E-state index in [2.05, 4.69) is 19.6 Å². The number of amides is 1. The second-order valence-corrected chi connectivity index (χ2v) is 11.2. The maximum atomic E-state index is 13.4. The van der Waals surface area contributed by atoms with E-state index in [1.165, 1.54) is 12.5 Å². The first-order valence-electron chi connectivity index (χ1n) is 13.0. The van der Waals surface area contributed by atoms with Crippen molar-refractivity contribution < 1.29 is 18.3 Å². The van der Waals surface area contributed by atoms with Crippen LogP contribution in [-0.2, 0) is 13.6 Å². The Balaban J connectivity index is 1.19. The van der Waals surface area contributed by atoms with E-state index in [0.29, 0.717) is 46.1 Å². The zero-order valence-electron chi connectivity index (χ0n) is 20.3. The van der Waals surface area contributed by atoms with Gasteiger partial charge in [-0.1, -0.05) is 0 Å². The average molecular weight is 505 g/mol. The molecule has 0 N–H and O–H groups in total. The average Bonchev–Trinajstić information content (AvgIpc) is 3.53. The Kier molecular flexibility index (Phi) is 4.35. The fourth-order valence-corrected chi connectivity index (χ4v) is 6.98. The van der Waals surface area contributed by atoms with Gasteiger partial charge in [-0.2, -0.15) is 13.8 Å². The SMILES string of the molecule is Cn1c(-c2cc3ccc(OC(F)F)nc3n2CC2CC2)nc2cc(C(=O)N3C[C@H]4CC5C[C@@H]3[C@H]54)cnc21. The fraction of sp³-hybridized carbons (Fsp3) is 0.481. The molecule has 190 valence electrons. The van der Waals surface area contributed by atoms with Crippen LogP contribution in [-0.4, -0.2) is 54.1 Å². The first kappa shape index (κ1) is 21.5. The summed E-state index contributed by atoms with van der Waals surface area (Å²) in [5.74, 6) is 3.40. The molecule has 4 atom stereocenters. The van der Waals surface area contributed by atoms with Crippen LogP contribution in [0.1, 0.15) is 36.0 Å². The Morgan fingerprint density at radius 1 is 1.14 bits per heavy atom. The predicted molar refractivity (Wildman–Crippen MR) is 131 cm³/mol. The number of hydrogen-bond donors (Lipinski definition) is 0. The van der Waals surface area contributed by atoms with E-state index in [1.807, 2.05) is 28.3 Å². The van der Waals surface area contributed by atoms with Gasteiger partial charge in [-0.3, -0.25) is 4.79 Å². The molecule has 4 aromatic rings. The molecule has 1 unspecified atom stereocenters. The topological polar surface area (TPSA) is 78.1 Å². The van der Waals surface area contributed by atoms with Gasteiger partial charge in [-0.15, -0.1) is 0 Å². The van der Waals surface area contributed by atoms with E-state index in [0.717, 1.165) is 55.3 Å². The number of carbonyl (C=O) groups excluding carboxylic acids is 1. The lowest BCUT2D eigenvalue weighted by atomic mass is 9.53. The number of hydrogen-bond acceptors (Lipinski definition) is 5. The van der Waals surface area contributed by atoms with Crippen molar-refractivity contribution in [3.05, 3.63) is 36.0 Å². The van der Waals surface area contributed by atoms with E-state index in [1.54, 1.807) is 12.3 Å². The molecule has 0 aromatic carbocycles. The number of nitrogens with zero attached hydrogens (tertiary/aromatic N) is 6. The van der Waals surface area contributed by atoms with Crippen molar-refractivity contribution in [3.63, 3.8) is 0 Å². The lowest BCUT2D eigenvalue weighted by Gasteiger charge is -2.52. The van der Waals surface area contributed by atoms with E-state index >= 15 is 0 Å². The molecule has 3 aliphatic carbocycles. The van der Waals surface area contributed by atoms with Gasteiger partial charge in [0.05, 0.1) is 11.3 Å². The van der Waals surface area contributed by atoms with E-state index in [-0.39, 0.29) is 11.8 Å². The Hall–Kier alpha value is -3.56. The fourth-order valence-electron chi connectivity index (χ4n) is 6.98. The van der Waals surface area contributed by atoms with Crippen LogP contribution < -0.4 is 4.74 Å². The number of halogens is 2. The Bertz CT molecular complexity index is 1590. The number of likely N-dealkylation sites (tertiary alicyclic amines) is 1. The van der Waals surface area contributed by atoms with Crippen LogP contribution >= 0.6 is 0 Å². The minimum absolute atomic E-state index is 0.0538. The molecular weight excluding hydrogens is 478 g/mol. The van der Waals surface area contributed by atoms with Crippen molar-refractivity contribution in [2.24, 2.45) is 30.7 Å². The van der Waals surface area contributed by atoms with Gasteiger partial charge in [-0.25, -0.2) is 9.97 Å². The minimum atomic E-state index is -2.93. The van der Waals surface area contributed by atoms with Crippen molar-refractivity contribution in [3.8, 4) is 17.4 Å². The van der Waals surface area contributed by atoms with Gasteiger partial charge in [0.1, 0.15) is 11.2 Å². The first-order chi connectivity index (χ1) is 17.9. The maximum absolute atomic E-state index is 13.4. The molecule has 10 heteroatoms. The lowest BCUT2D eigenvalue weighted by Crippen LogP contribution is -2.53. The van der Waals surface area contributed by atoms with Gasteiger partial charge in [0, 0.05) is 43.8 Å². The lowest BCUT2D eigenvalue weighted by molar-refractivity contribution is -0.0526. The van der Waals surface area contributed by atoms with Crippen molar-refractivity contribution in [1.29, 1.82) is 0 Å². The molecule has 1 aliphatic heterocycles. The van der Waals surface area contributed by atoms with Crippen molar-refractivity contribution in [2.45, 2.75) is 44.9 Å². The summed E-state index contributed by atoms with van der Waals surface area (Å²) >= 11 is 0. The van der Waals surface area contributed by atoms with Crippen molar-refractivity contribution in [1.82, 2.24) is 29.0 Å². The molecule has 5 heterocycles. The Morgan fingerprint density at radius 2 is 2.00 bits per heavy atom. The maximum Gasteiger partial charge on any atom is 0.388 e. The van der Waals surface area contributed by atoms with Gasteiger partial charge < -0.3 is 18.8 Å². The summed E-state index contributed by atoms with van der Waals surface area (Å²) in [7, 11) is 1.91. The number of carbonyl (C=O) groups is 1. The summed E-state index contributed by atoms with van der Waals surface area (Å²) in [5, 5.41) is 0.829. The van der Waals surface area contributed by atoms with Crippen LogP contribution in [0.15, 0.2) is 30.5 Å².